The molecule has 1 amide bonds. The van der Waals surface area contributed by atoms with E-state index in [1.807, 2.05) is 30.3 Å². The van der Waals surface area contributed by atoms with Gasteiger partial charge >= 0.3 is 0 Å². The lowest BCUT2D eigenvalue weighted by Gasteiger charge is -2.10. The van der Waals surface area contributed by atoms with Gasteiger partial charge in [0.25, 0.3) is 5.91 Å². The van der Waals surface area contributed by atoms with Gasteiger partial charge in [-0.2, -0.15) is 5.10 Å². The Balaban J connectivity index is 1.49. The van der Waals surface area contributed by atoms with Gasteiger partial charge in [-0.1, -0.05) is 31.2 Å². The first-order valence-electron chi connectivity index (χ1n) is 9.30. The molecule has 1 heterocycles. The molecule has 0 aliphatic heterocycles. The van der Waals surface area contributed by atoms with Crippen LogP contribution >= 0.6 is 0 Å². The fraction of sp³-hybridized carbons (Fsp3) is 0.273. The maximum Gasteiger partial charge on any atom is 0.271 e. The van der Waals surface area contributed by atoms with Crippen LogP contribution in [-0.2, 0) is 19.3 Å². The first-order valence-corrected chi connectivity index (χ1v) is 9.30. The van der Waals surface area contributed by atoms with Gasteiger partial charge in [-0.3, -0.25) is 4.79 Å². The van der Waals surface area contributed by atoms with Crippen molar-refractivity contribution in [3.05, 3.63) is 70.4 Å². The van der Waals surface area contributed by atoms with Crippen molar-refractivity contribution in [2.75, 3.05) is 0 Å². The molecule has 0 unspecified atom stereocenters. The van der Waals surface area contributed by atoms with Crippen LogP contribution in [0.5, 0.6) is 0 Å². The van der Waals surface area contributed by atoms with Crippen molar-refractivity contribution in [2.45, 2.75) is 39.0 Å². The van der Waals surface area contributed by atoms with Crippen LogP contribution in [0.4, 0.5) is 0 Å². The van der Waals surface area contributed by atoms with Gasteiger partial charge in [0.05, 0.1) is 6.21 Å². The second-order valence-electron chi connectivity index (χ2n) is 6.84. The topological polar surface area (TPSA) is 57.2 Å². The molecule has 1 aliphatic carbocycles. The molecule has 2 aromatic carbocycles. The van der Waals surface area contributed by atoms with Crippen LogP contribution in [0.2, 0.25) is 0 Å². The number of aromatic amines is 1. The first kappa shape index (κ1) is 16.6. The number of rotatable bonds is 4. The number of aromatic nitrogens is 1. The molecule has 0 bridgehead atoms. The monoisotopic (exact) mass is 345 g/mol. The molecule has 26 heavy (non-hydrogen) atoms. The Labute approximate surface area is 153 Å². The summed E-state index contributed by atoms with van der Waals surface area (Å²) in [7, 11) is 0. The van der Waals surface area contributed by atoms with E-state index in [1.165, 1.54) is 35.0 Å². The molecule has 3 aromatic rings. The van der Waals surface area contributed by atoms with E-state index in [1.54, 1.807) is 6.21 Å². The number of nitrogens with one attached hydrogen (secondary N) is 2. The van der Waals surface area contributed by atoms with Gasteiger partial charge in [-0.25, -0.2) is 5.43 Å². The number of fused-ring (bicyclic) bond motifs is 3. The number of amides is 1. The Bertz CT molecular complexity index is 967. The van der Waals surface area contributed by atoms with Crippen molar-refractivity contribution in [3.8, 4) is 0 Å². The minimum absolute atomic E-state index is 0.181. The molecule has 0 spiro atoms. The first-order chi connectivity index (χ1) is 12.7. The van der Waals surface area contributed by atoms with Crippen LogP contribution < -0.4 is 5.43 Å². The fourth-order valence-electron chi connectivity index (χ4n) is 3.62. The molecule has 4 nitrogen and oxygen atoms in total. The van der Waals surface area contributed by atoms with E-state index >= 15 is 0 Å². The molecule has 0 saturated heterocycles. The minimum atomic E-state index is -0.181. The van der Waals surface area contributed by atoms with E-state index < -0.39 is 0 Å². The normalized spacial score (nSPS) is 13.9. The number of hydrogen-bond acceptors (Lipinski definition) is 2. The molecular formula is C22H23N3O. The van der Waals surface area contributed by atoms with Crippen LogP contribution in [0.25, 0.3) is 10.9 Å². The predicted octanol–water partition coefficient (Wildman–Crippen LogP) is 4.37. The average molecular weight is 345 g/mol. The maximum atomic E-state index is 12.4. The van der Waals surface area contributed by atoms with E-state index in [2.05, 4.69) is 34.6 Å². The summed E-state index contributed by atoms with van der Waals surface area (Å²) in [6, 6.07) is 14.0. The molecule has 4 heteroatoms. The highest BCUT2D eigenvalue weighted by Gasteiger charge is 2.16. The smallest absolute Gasteiger partial charge is 0.271 e. The van der Waals surface area contributed by atoms with Crippen LogP contribution in [0.1, 0.15) is 52.5 Å². The zero-order valence-electron chi connectivity index (χ0n) is 15.0. The number of carbonyl (C=O) groups excluding carboxylic acids is 1. The van der Waals surface area contributed by atoms with Crippen molar-refractivity contribution in [3.63, 3.8) is 0 Å². The summed E-state index contributed by atoms with van der Waals surface area (Å²) < 4.78 is 0. The third kappa shape index (κ3) is 3.27. The molecule has 1 aromatic heterocycles. The van der Waals surface area contributed by atoms with Gasteiger partial charge in [-0.05, 0) is 67.0 Å². The summed E-state index contributed by atoms with van der Waals surface area (Å²) in [4.78, 5) is 15.9. The van der Waals surface area contributed by atoms with Gasteiger partial charge < -0.3 is 4.98 Å². The molecule has 132 valence electrons. The van der Waals surface area contributed by atoms with Crippen LogP contribution in [0.15, 0.2) is 47.6 Å². The molecule has 4 rings (SSSR count). The summed E-state index contributed by atoms with van der Waals surface area (Å²) in [5.41, 5.74) is 9.36. The highest BCUT2D eigenvalue weighted by atomic mass is 16.2. The molecular weight excluding hydrogens is 322 g/mol. The number of carbonyl (C=O) groups is 1. The molecule has 1 aliphatic rings. The second kappa shape index (κ2) is 7.16. The van der Waals surface area contributed by atoms with E-state index in [-0.39, 0.29) is 5.91 Å². The van der Waals surface area contributed by atoms with Gasteiger partial charge in [-0.15, -0.1) is 0 Å². The standard InChI is InChI=1S/C22H23N3O/c1-2-15-7-9-16(10-8-15)14-23-25-22(26)17-11-12-21-19(13-17)18-5-3-4-6-20(18)24-21/h7-14,24H,2-6H2,1H3,(H,25,26)/b23-14-. The Morgan fingerprint density at radius 3 is 2.77 bits per heavy atom. The van der Waals surface area contributed by atoms with Crippen molar-refractivity contribution in [1.82, 2.24) is 10.4 Å². The summed E-state index contributed by atoms with van der Waals surface area (Å²) >= 11 is 0. The van der Waals surface area contributed by atoms with Crippen LogP contribution in [0, 0.1) is 0 Å². The number of benzene rings is 2. The zero-order chi connectivity index (χ0) is 17.9. The van der Waals surface area contributed by atoms with Crippen molar-refractivity contribution in [1.29, 1.82) is 0 Å². The quantitative estimate of drug-likeness (QED) is 0.535. The number of aryl methyl sites for hydroxylation is 3. The molecule has 0 radical (unpaired) electrons. The number of hydrogen-bond donors (Lipinski definition) is 2. The number of H-pyrrole nitrogens is 1. The number of hydrazone groups is 1. The molecule has 0 fully saturated rings. The fourth-order valence-corrected chi connectivity index (χ4v) is 3.62. The summed E-state index contributed by atoms with van der Waals surface area (Å²) in [6.07, 6.45) is 7.34. The lowest BCUT2D eigenvalue weighted by atomic mass is 9.95. The van der Waals surface area contributed by atoms with E-state index in [9.17, 15) is 4.79 Å². The summed E-state index contributed by atoms with van der Waals surface area (Å²) in [5, 5.41) is 5.27. The minimum Gasteiger partial charge on any atom is -0.358 e. The Morgan fingerprint density at radius 2 is 1.96 bits per heavy atom. The second-order valence-corrected chi connectivity index (χ2v) is 6.84. The third-order valence-corrected chi connectivity index (χ3v) is 5.13. The Kier molecular flexibility index (Phi) is 4.57. The van der Waals surface area contributed by atoms with E-state index in [4.69, 9.17) is 0 Å². The number of nitrogens with zero attached hydrogens (tertiary/aromatic N) is 1. The molecule has 0 saturated carbocycles. The van der Waals surface area contributed by atoms with E-state index in [0.29, 0.717) is 5.56 Å². The highest BCUT2D eigenvalue weighted by molar-refractivity contribution is 5.99. The summed E-state index contributed by atoms with van der Waals surface area (Å²) in [6.45, 7) is 2.13. The Morgan fingerprint density at radius 1 is 1.15 bits per heavy atom. The molecule has 2 N–H and O–H groups in total. The largest absolute Gasteiger partial charge is 0.358 e. The third-order valence-electron chi connectivity index (χ3n) is 5.13. The van der Waals surface area contributed by atoms with Gasteiger partial charge in [0, 0.05) is 22.2 Å². The van der Waals surface area contributed by atoms with Gasteiger partial charge in [0.1, 0.15) is 0 Å². The van der Waals surface area contributed by atoms with Crippen LogP contribution in [-0.4, -0.2) is 17.1 Å². The zero-order valence-corrected chi connectivity index (χ0v) is 15.0. The van der Waals surface area contributed by atoms with Crippen molar-refractivity contribution >= 4 is 23.0 Å². The predicted molar refractivity (Wildman–Crippen MR) is 106 cm³/mol. The lowest BCUT2D eigenvalue weighted by Crippen LogP contribution is -2.17. The SMILES string of the molecule is CCc1ccc(/C=N\NC(=O)c2ccc3[nH]c4c(c3c2)CCCC4)cc1. The van der Waals surface area contributed by atoms with Crippen LogP contribution in [0.3, 0.4) is 0 Å². The Hall–Kier alpha value is -2.88. The van der Waals surface area contributed by atoms with Gasteiger partial charge in [0.2, 0.25) is 0 Å². The van der Waals surface area contributed by atoms with Gasteiger partial charge in [0.15, 0.2) is 0 Å². The maximum absolute atomic E-state index is 12.4. The average Bonchev–Trinajstić information content (AvgIpc) is 3.06. The van der Waals surface area contributed by atoms with Crippen molar-refractivity contribution in [2.24, 2.45) is 5.10 Å². The highest BCUT2D eigenvalue weighted by Crippen LogP contribution is 2.29. The lowest BCUT2D eigenvalue weighted by molar-refractivity contribution is 0.0955. The molecule has 0 atom stereocenters. The van der Waals surface area contributed by atoms with E-state index in [0.717, 1.165) is 30.3 Å². The summed E-state index contributed by atoms with van der Waals surface area (Å²) in [5.74, 6) is -0.181. The van der Waals surface area contributed by atoms with Crippen molar-refractivity contribution < 1.29 is 4.79 Å².